The molecule has 1 aromatic heterocycles. The van der Waals surface area contributed by atoms with Crippen LogP contribution in [0.25, 0.3) is 10.9 Å². The molecule has 1 spiro atoms. The number of hydrogen-bond acceptors (Lipinski definition) is 3. The van der Waals surface area contributed by atoms with E-state index in [1.54, 1.807) is 12.1 Å². The topological polar surface area (TPSA) is 60.1 Å². The summed E-state index contributed by atoms with van der Waals surface area (Å²) in [4.78, 5) is 3.37. The number of fused-ring (bicyclic) bond motifs is 6. The fourth-order valence-corrected chi connectivity index (χ4v) is 4.75. The van der Waals surface area contributed by atoms with E-state index in [4.69, 9.17) is 23.2 Å². The van der Waals surface area contributed by atoms with Crippen molar-refractivity contribution in [1.82, 2.24) is 10.3 Å². The highest BCUT2D eigenvalue weighted by atomic mass is 35.5. The quantitative estimate of drug-likeness (QED) is 0.465. The van der Waals surface area contributed by atoms with Gasteiger partial charge in [-0.15, -0.1) is 0 Å². The van der Waals surface area contributed by atoms with Crippen LogP contribution in [0.3, 0.4) is 0 Å². The van der Waals surface area contributed by atoms with Gasteiger partial charge in [-0.05, 0) is 49.2 Å². The summed E-state index contributed by atoms with van der Waals surface area (Å²) in [5.41, 5.74) is 3.33. The maximum absolute atomic E-state index is 14.1. The van der Waals surface area contributed by atoms with Crippen LogP contribution in [-0.4, -0.2) is 22.4 Å². The molecule has 4 nitrogen and oxygen atoms in total. The molecular weight excluding hydrogens is 376 g/mol. The van der Waals surface area contributed by atoms with Gasteiger partial charge in [0.15, 0.2) is 6.23 Å². The molecular formula is C19H16Cl2FN3O. The summed E-state index contributed by atoms with van der Waals surface area (Å²) in [6.07, 6.45) is -0.188. The molecule has 0 radical (unpaired) electrons. The van der Waals surface area contributed by atoms with E-state index in [0.29, 0.717) is 11.4 Å². The summed E-state index contributed by atoms with van der Waals surface area (Å²) in [6, 6.07) is 8.63. The van der Waals surface area contributed by atoms with Gasteiger partial charge >= 0.3 is 0 Å². The van der Waals surface area contributed by atoms with Crippen molar-refractivity contribution in [3.63, 3.8) is 0 Å². The zero-order valence-electron chi connectivity index (χ0n) is 13.8. The number of aromatic amines is 1. The van der Waals surface area contributed by atoms with E-state index in [2.05, 4.69) is 15.6 Å². The van der Waals surface area contributed by atoms with Crippen LogP contribution in [0.4, 0.5) is 10.1 Å². The molecule has 2 aromatic carbocycles. The van der Waals surface area contributed by atoms with Crippen LogP contribution in [0.5, 0.6) is 0 Å². The van der Waals surface area contributed by atoms with Crippen LogP contribution in [-0.2, 0) is 12.0 Å². The molecule has 3 aromatic rings. The Labute approximate surface area is 159 Å². The number of rotatable bonds is 0. The zero-order valence-corrected chi connectivity index (χ0v) is 15.3. The van der Waals surface area contributed by atoms with Crippen LogP contribution in [0.15, 0.2) is 30.3 Å². The Kier molecular flexibility index (Phi) is 3.38. The first-order valence-corrected chi connectivity index (χ1v) is 9.18. The smallest absolute Gasteiger partial charge is 0.152 e. The third-order valence-corrected chi connectivity index (χ3v) is 5.96. The van der Waals surface area contributed by atoms with Crippen LogP contribution in [0.1, 0.15) is 23.7 Å². The monoisotopic (exact) mass is 391 g/mol. The van der Waals surface area contributed by atoms with Crippen LogP contribution >= 0.6 is 23.2 Å². The van der Waals surface area contributed by atoms with Crippen molar-refractivity contribution in [3.8, 4) is 0 Å². The zero-order chi connectivity index (χ0) is 18.2. The van der Waals surface area contributed by atoms with E-state index in [-0.39, 0.29) is 11.1 Å². The van der Waals surface area contributed by atoms with Gasteiger partial charge in [0.1, 0.15) is 11.4 Å². The second kappa shape index (κ2) is 5.36. The fourth-order valence-electron chi connectivity index (χ4n) is 4.41. The van der Waals surface area contributed by atoms with Crippen LogP contribution in [0, 0.1) is 5.82 Å². The lowest BCUT2D eigenvalue weighted by atomic mass is 9.79. The van der Waals surface area contributed by atoms with Crippen molar-refractivity contribution in [1.29, 1.82) is 0 Å². The third kappa shape index (κ3) is 2.03. The first-order valence-electron chi connectivity index (χ1n) is 8.42. The summed E-state index contributed by atoms with van der Waals surface area (Å²) < 4.78 is 14.1. The minimum Gasteiger partial charge on any atom is -0.371 e. The van der Waals surface area contributed by atoms with Gasteiger partial charge in [0, 0.05) is 38.9 Å². The van der Waals surface area contributed by atoms with Crippen molar-refractivity contribution in [2.45, 2.75) is 31.2 Å². The van der Waals surface area contributed by atoms with Crippen molar-refractivity contribution in [2.75, 3.05) is 5.32 Å². The van der Waals surface area contributed by atoms with Crippen molar-refractivity contribution >= 4 is 39.8 Å². The van der Waals surface area contributed by atoms with Gasteiger partial charge in [-0.3, -0.25) is 5.32 Å². The lowest BCUT2D eigenvalue weighted by Gasteiger charge is -2.41. The fraction of sp³-hybridized carbons (Fsp3) is 0.263. The van der Waals surface area contributed by atoms with Crippen molar-refractivity contribution in [2.24, 2.45) is 0 Å². The van der Waals surface area contributed by atoms with E-state index in [1.807, 2.05) is 19.1 Å². The SMILES string of the molecule is CC1Cc2c([nH]c3cc(Cl)c(F)cc23)C2(N1)c1cc(Cl)ccc1NC2O. The highest BCUT2D eigenvalue weighted by Gasteiger charge is 2.53. The molecule has 26 heavy (non-hydrogen) atoms. The lowest BCUT2D eigenvalue weighted by molar-refractivity contribution is 0.100. The maximum atomic E-state index is 14.1. The molecule has 0 amide bonds. The Morgan fingerprint density at radius 2 is 2.04 bits per heavy atom. The number of H-pyrrole nitrogens is 1. The number of halogens is 3. The summed E-state index contributed by atoms with van der Waals surface area (Å²) in [7, 11) is 0. The number of anilines is 1. The van der Waals surface area contributed by atoms with Crippen LogP contribution in [0.2, 0.25) is 10.0 Å². The number of nitrogens with one attached hydrogen (secondary N) is 3. The van der Waals surface area contributed by atoms with Gasteiger partial charge in [0.25, 0.3) is 0 Å². The molecule has 0 saturated carbocycles. The van der Waals surface area contributed by atoms with Crippen LogP contribution < -0.4 is 10.6 Å². The number of benzene rings is 2. The van der Waals surface area contributed by atoms with E-state index in [0.717, 1.165) is 33.4 Å². The molecule has 134 valence electrons. The summed E-state index contributed by atoms with van der Waals surface area (Å²) in [5, 5.41) is 19.1. The molecule has 0 bridgehead atoms. The largest absolute Gasteiger partial charge is 0.371 e. The minimum absolute atomic E-state index is 0.0692. The van der Waals surface area contributed by atoms with Gasteiger partial charge in [0.05, 0.1) is 5.02 Å². The van der Waals surface area contributed by atoms with Gasteiger partial charge in [-0.25, -0.2) is 4.39 Å². The van der Waals surface area contributed by atoms with Gasteiger partial charge < -0.3 is 15.4 Å². The highest BCUT2D eigenvalue weighted by molar-refractivity contribution is 6.31. The molecule has 0 aliphatic carbocycles. The Hall–Kier alpha value is -1.79. The Bertz CT molecular complexity index is 1070. The average Bonchev–Trinajstić information content (AvgIpc) is 3.06. The molecule has 2 aliphatic heterocycles. The highest BCUT2D eigenvalue weighted by Crippen LogP contribution is 2.48. The molecule has 0 saturated heterocycles. The van der Waals surface area contributed by atoms with E-state index < -0.39 is 17.6 Å². The molecule has 5 rings (SSSR count). The third-order valence-electron chi connectivity index (χ3n) is 5.43. The number of aliphatic hydroxyl groups excluding tert-OH is 1. The summed E-state index contributed by atoms with van der Waals surface area (Å²) >= 11 is 12.2. The second-order valence-corrected chi connectivity index (χ2v) is 7.93. The van der Waals surface area contributed by atoms with Crippen molar-refractivity contribution in [3.05, 3.63) is 63.0 Å². The van der Waals surface area contributed by atoms with Gasteiger partial charge in [-0.2, -0.15) is 0 Å². The average molecular weight is 392 g/mol. The predicted octanol–water partition coefficient (Wildman–Crippen LogP) is 4.14. The van der Waals surface area contributed by atoms with E-state index in [9.17, 15) is 9.50 Å². The molecule has 3 unspecified atom stereocenters. The molecule has 0 fully saturated rings. The molecule has 2 aliphatic rings. The predicted molar refractivity (Wildman–Crippen MR) is 101 cm³/mol. The standard InChI is InChI=1S/C19H16Cl2FN3O/c1-8-4-11-10-6-14(22)13(21)7-16(10)23-17(11)19(25-8)12-5-9(20)2-3-15(12)24-18(19)26/h2-3,5-8,18,23-26H,4H2,1H3. The molecule has 4 N–H and O–H groups in total. The Morgan fingerprint density at radius 3 is 2.85 bits per heavy atom. The van der Waals surface area contributed by atoms with E-state index in [1.165, 1.54) is 6.07 Å². The maximum Gasteiger partial charge on any atom is 0.152 e. The summed E-state index contributed by atoms with van der Waals surface area (Å²) in [6.45, 7) is 2.05. The lowest BCUT2D eigenvalue weighted by Crippen LogP contribution is -2.58. The Balaban J connectivity index is 1.86. The van der Waals surface area contributed by atoms with Crippen molar-refractivity contribution < 1.29 is 9.50 Å². The van der Waals surface area contributed by atoms with Gasteiger partial charge in [-0.1, -0.05) is 23.2 Å². The Morgan fingerprint density at radius 1 is 1.23 bits per heavy atom. The normalized spacial score (nSPS) is 26.8. The first kappa shape index (κ1) is 16.4. The summed E-state index contributed by atoms with van der Waals surface area (Å²) in [5.74, 6) is -0.449. The van der Waals surface area contributed by atoms with Gasteiger partial charge in [0.2, 0.25) is 0 Å². The van der Waals surface area contributed by atoms with E-state index >= 15 is 0 Å². The first-order chi connectivity index (χ1) is 12.4. The number of hydrogen-bond donors (Lipinski definition) is 4. The molecule has 3 heterocycles. The molecule has 7 heteroatoms. The minimum atomic E-state index is -0.897. The number of aliphatic hydroxyl groups is 1. The second-order valence-electron chi connectivity index (χ2n) is 7.08. The molecule has 3 atom stereocenters. The number of aromatic nitrogens is 1.